The molecule has 9 heteroatoms. The normalized spacial score (nSPS) is 18.9. The van der Waals surface area contributed by atoms with Crippen molar-refractivity contribution in [3.8, 4) is 0 Å². The fourth-order valence-electron chi connectivity index (χ4n) is 2.65. The molecule has 1 aromatic heterocycles. The minimum atomic E-state index is -0.543. The second-order valence-corrected chi connectivity index (χ2v) is 6.70. The number of piperazine rings is 1. The van der Waals surface area contributed by atoms with Crippen LogP contribution in [0.4, 0.5) is 16.3 Å². The van der Waals surface area contributed by atoms with E-state index in [0.29, 0.717) is 25.5 Å². The lowest BCUT2D eigenvalue weighted by atomic mass is 10.2. The lowest BCUT2D eigenvalue weighted by Crippen LogP contribution is -2.55. The Balaban J connectivity index is 2.12. The topological polar surface area (TPSA) is 93.7 Å². The van der Waals surface area contributed by atoms with Crippen LogP contribution >= 0.6 is 0 Å². The van der Waals surface area contributed by atoms with E-state index in [-0.39, 0.29) is 17.8 Å². The average molecular weight is 325 g/mol. The maximum atomic E-state index is 12.2. The predicted octanol–water partition coefficient (Wildman–Crippen LogP) is 1.77. The van der Waals surface area contributed by atoms with E-state index >= 15 is 0 Å². The first-order chi connectivity index (χ1) is 10.6. The molecule has 1 atom stereocenters. The van der Waals surface area contributed by atoms with E-state index in [1.807, 2.05) is 32.6 Å². The van der Waals surface area contributed by atoms with E-state index in [2.05, 4.69) is 5.10 Å². The number of rotatable bonds is 2. The zero-order chi connectivity index (χ0) is 17.4. The summed E-state index contributed by atoms with van der Waals surface area (Å²) in [7, 11) is 1.68. The van der Waals surface area contributed by atoms with Gasteiger partial charge in [-0.05, 0) is 27.7 Å². The van der Waals surface area contributed by atoms with Gasteiger partial charge in [0.05, 0.1) is 4.92 Å². The highest BCUT2D eigenvalue weighted by atomic mass is 16.6. The molecule has 1 amide bonds. The molecule has 1 fully saturated rings. The van der Waals surface area contributed by atoms with Crippen molar-refractivity contribution in [2.75, 3.05) is 24.5 Å². The molecule has 9 nitrogen and oxygen atoms in total. The van der Waals surface area contributed by atoms with Gasteiger partial charge in [-0.25, -0.2) is 9.48 Å². The Bertz CT molecular complexity index is 607. The Hall–Kier alpha value is -2.32. The summed E-state index contributed by atoms with van der Waals surface area (Å²) < 4.78 is 6.88. The van der Waals surface area contributed by atoms with E-state index in [9.17, 15) is 14.9 Å². The van der Waals surface area contributed by atoms with Gasteiger partial charge in [0, 0.05) is 32.7 Å². The van der Waals surface area contributed by atoms with Gasteiger partial charge >= 0.3 is 11.8 Å². The lowest BCUT2D eigenvalue weighted by Gasteiger charge is -2.40. The fourth-order valence-corrected chi connectivity index (χ4v) is 2.65. The molecular formula is C14H23N5O4. The van der Waals surface area contributed by atoms with E-state index in [0.717, 1.165) is 0 Å². The van der Waals surface area contributed by atoms with E-state index in [1.54, 1.807) is 11.9 Å². The number of nitrogens with zero attached hydrogens (tertiary/aromatic N) is 5. The molecule has 0 radical (unpaired) electrons. The standard InChI is InChI=1S/C14H23N5O4/c1-10-9-17(13(20)23-14(2,3)4)6-7-18(10)12-11(19(21)22)8-15-16(12)5/h8,10H,6-7,9H2,1-5H3/t10-/m1/s1. The number of carbonyl (C=O) groups excluding carboxylic acids is 1. The van der Waals surface area contributed by atoms with Crippen LogP contribution in [0, 0.1) is 10.1 Å². The van der Waals surface area contributed by atoms with Crippen LogP contribution in [0.1, 0.15) is 27.7 Å². The Kier molecular flexibility index (Phi) is 4.49. The van der Waals surface area contributed by atoms with Crippen LogP contribution in [0.2, 0.25) is 0 Å². The van der Waals surface area contributed by atoms with Crippen molar-refractivity contribution in [3.05, 3.63) is 16.3 Å². The first kappa shape index (κ1) is 17.0. The summed E-state index contributed by atoms with van der Waals surface area (Å²) in [6.07, 6.45) is 0.894. The summed E-state index contributed by atoms with van der Waals surface area (Å²) >= 11 is 0. The molecule has 0 N–H and O–H groups in total. The molecule has 128 valence electrons. The van der Waals surface area contributed by atoms with Crippen LogP contribution < -0.4 is 4.90 Å². The van der Waals surface area contributed by atoms with Gasteiger partial charge < -0.3 is 14.5 Å². The van der Waals surface area contributed by atoms with Gasteiger partial charge in [-0.2, -0.15) is 5.10 Å². The molecule has 0 aromatic carbocycles. The van der Waals surface area contributed by atoms with E-state index < -0.39 is 10.5 Å². The predicted molar refractivity (Wildman–Crippen MR) is 84.5 cm³/mol. The lowest BCUT2D eigenvalue weighted by molar-refractivity contribution is -0.384. The molecule has 0 unspecified atom stereocenters. The van der Waals surface area contributed by atoms with Crippen molar-refractivity contribution in [1.29, 1.82) is 0 Å². The molecule has 1 saturated heterocycles. The molecule has 0 bridgehead atoms. The summed E-state index contributed by atoms with van der Waals surface area (Å²) in [5.74, 6) is 0.464. The Morgan fingerprint density at radius 2 is 2.09 bits per heavy atom. The van der Waals surface area contributed by atoms with Crippen molar-refractivity contribution in [1.82, 2.24) is 14.7 Å². The van der Waals surface area contributed by atoms with Gasteiger partial charge in [0.2, 0.25) is 5.82 Å². The van der Waals surface area contributed by atoms with Gasteiger partial charge in [0.15, 0.2) is 0 Å². The van der Waals surface area contributed by atoms with Crippen LogP contribution in [0.15, 0.2) is 6.20 Å². The van der Waals surface area contributed by atoms with E-state index in [1.165, 1.54) is 10.9 Å². The van der Waals surface area contributed by atoms with Gasteiger partial charge in [-0.1, -0.05) is 0 Å². The molecule has 2 heterocycles. The zero-order valence-corrected chi connectivity index (χ0v) is 14.1. The third-order valence-electron chi connectivity index (χ3n) is 3.64. The Morgan fingerprint density at radius 3 is 2.61 bits per heavy atom. The second kappa shape index (κ2) is 6.05. The van der Waals surface area contributed by atoms with Crippen LogP contribution in [-0.4, -0.2) is 57.0 Å². The van der Waals surface area contributed by atoms with Crippen LogP contribution in [0.25, 0.3) is 0 Å². The largest absolute Gasteiger partial charge is 0.444 e. The first-order valence-electron chi connectivity index (χ1n) is 7.51. The highest BCUT2D eigenvalue weighted by Crippen LogP contribution is 2.30. The number of amides is 1. The molecule has 0 spiro atoms. The van der Waals surface area contributed by atoms with Gasteiger partial charge in [0.1, 0.15) is 11.8 Å². The minimum Gasteiger partial charge on any atom is -0.444 e. The summed E-state index contributed by atoms with van der Waals surface area (Å²) in [6.45, 7) is 8.77. The van der Waals surface area contributed by atoms with E-state index in [4.69, 9.17) is 4.74 Å². The number of anilines is 1. The molecule has 1 aliphatic heterocycles. The number of ether oxygens (including phenoxy) is 1. The first-order valence-corrected chi connectivity index (χ1v) is 7.51. The smallest absolute Gasteiger partial charge is 0.410 e. The maximum Gasteiger partial charge on any atom is 0.410 e. The van der Waals surface area contributed by atoms with Crippen molar-refractivity contribution < 1.29 is 14.5 Å². The number of hydrogen-bond donors (Lipinski definition) is 0. The van der Waals surface area contributed by atoms with Crippen LogP contribution in [-0.2, 0) is 11.8 Å². The molecule has 0 aliphatic carbocycles. The molecule has 0 saturated carbocycles. The SMILES string of the molecule is C[C@@H]1CN(C(=O)OC(C)(C)C)CCN1c1c([N+](=O)[O-])cnn1C. The number of aryl methyl sites for hydroxylation is 1. The van der Waals surface area contributed by atoms with Crippen molar-refractivity contribution >= 4 is 17.6 Å². The summed E-state index contributed by atoms with van der Waals surface area (Å²) in [6, 6.07) is -0.0784. The molecule has 1 aliphatic rings. The zero-order valence-electron chi connectivity index (χ0n) is 14.1. The number of nitro groups is 1. The van der Waals surface area contributed by atoms with Crippen LogP contribution in [0.5, 0.6) is 0 Å². The quantitative estimate of drug-likeness (QED) is 0.607. The van der Waals surface area contributed by atoms with Crippen molar-refractivity contribution in [2.24, 2.45) is 7.05 Å². The third-order valence-corrected chi connectivity index (χ3v) is 3.64. The van der Waals surface area contributed by atoms with Gasteiger partial charge in [0.25, 0.3) is 0 Å². The molecule has 2 rings (SSSR count). The van der Waals surface area contributed by atoms with Crippen molar-refractivity contribution in [3.63, 3.8) is 0 Å². The second-order valence-electron chi connectivity index (χ2n) is 6.70. The average Bonchev–Trinajstić information content (AvgIpc) is 2.78. The van der Waals surface area contributed by atoms with Gasteiger partial charge in [-0.3, -0.25) is 10.1 Å². The Morgan fingerprint density at radius 1 is 1.43 bits per heavy atom. The number of aromatic nitrogens is 2. The Labute approximate surface area is 134 Å². The maximum absolute atomic E-state index is 12.2. The minimum absolute atomic E-state index is 0.0231. The molecule has 23 heavy (non-hydrogen) atoms. The number of carbonyl (C=O) groups is 1. The van der Waals surface area contributed by atoms with Gasteiger partial charge in [-0.15, -0.1) is 0 Å². The summed E-state index contributed by atoms with van der Waals surface area (Å²) in [5.41, 5.74) is -0.566. The van der Waals surface area contributed by atoms with Crippen LogP contribution in [0.3, 0.4) is 0 Å². The molecular weight excluding hydrogens is 302 g/mol. The monoisotopic (exact) mass is 325 g/mol. The van der Waals surface area contributed by atoms with Crippen molar-refractivity contribution in [2.45, 2.75) is 39.3 Å². The highest BCUT2D eigenvalue weighted by molar-refractivity contribution is 5.69. The summed E-state index contributed by atoms with van der Waals surface area (Å²) in [5, 5.41) is 15.1. The molecule has 1 aromatic rings. The highest BCUT2D eigenvalue weighted by Gasteiger charge is 2.34. The fraction of sp³-hybridized carbons (Fsp3) is 0.714. The number of hydrogen-bond acceptors (Lipinski definition) is 6. The third kappa shape index (κ3) is 3.72. The summed E-state index contributed by atoms with van der Waals surface area (Å²) in [4.78, 5) is 26.4.